The maximum absolute atomic E-state index is 12.0. The Morgan fingerprint density at radius 1 is 1.30 bits per heavy atom. The number of thioether (sulfide) groups is 1. The van der Waals surface area contributed by atoms with E-state index in [1.807, 2.05) is 6.92 Å². The molecular formula is C11H12ClN3O2S3. The highest BCUT2D eigenvalue weighted by molar-refractivity contribution is 8.01. The second-order valence-electron chi connectivity index (χ2n) is 3.79. The quantitative estimate of drug-likeness (QED) is 0.810. The van der Waals surface area contributed by atoms with Crippen molar-refractivity contribution in [1.29, 1.82) is 0 Å². The van der Waals surface area contributed by atoms with Gasteiger partial charge in [0.05, 0.1) is 5.75 Å². The summed E-state index contributed by atoms with van der Waals surface area (Å²) in [5, 5.41) is 8.57. The first-order valence-electron chi connectivity index (χ1n) is 5.70. The molecule has 2 aromatic rings. The van der Waals surface area contributed by atoms with Gasteiger partial charge in [0.1, 0.15) is 0 Å². The molecule has 0 saturated carbocycles. The summed E-state index contributed by atoms with van der Waals surface area (Å²) < 4.78 is 27.2. The maximum atomic E-state index is 12.0. The molecule has 0 spiro atoms. The van der Waals surface area contributed by atoms with E-state index in [9.17, 15) is 8.42 Å². The lowest BCUT2D eigenvalue weighted by Crippen LogP contribution is -2.14. The Morgan fingerprint density at radius 2 is 2.00 bits per heavy atom. The van der Waals surface area contributed by atoms with E-state index in [4.69, 9.17) is 11.6 Å². The van der Waals surface area contributed by atoms with E-state index in [-0.39, 0.29) is 10.9 Å². The molecule has 0 unspecified atom stereocenters. The normalized spacial score (nSPS) is 11.5. The molecule has 0 aliphatic carbocycles. The number of aromatic nitrogens is 2. The summed E-state index contributed by atoms with van der Waals surface area (Å²) in [6.45, 7) is 2.00. The fraction of sp³-hybridized carbons (Fsp3) is 0.273. The molecule has 0 atom stereocenters. The summed E-state index contributed by atoms with van der Waals surface area (Å²) in [6, 6.07) is 6.68. The van der Waals surface area contributed by atoms with Gasteiger partial charge in [-0.1, -0.05) is 53.8 Å². The van der Waals surface area contributed by atoms with Crippen LogP contribution in [-0.2, 0) is 15.8 Å². The molecular weight excluding hydrogens is 338 g/mol. The van der Waals surface area contributed by atoms with Gasteiger partial charge < -0.3 is 0 Å². The molecule has 1 heterocycles. The molecule has 20 heavy (non-hydrogen) atoms. The van der Waals surface area contributed by atoms with Gasteiger partial charge in [-0.05, 0) is 23.4 Å². The first-order chi connectivity index (χ1) is 9.48. The first kappa shape index (κ1) is 15.6. The third-order valence-electron chi connectivity index (χ3n) is 2.19. The number of nitrogens with one attached hydrogen (secondary N) is 1. The van der Waals surface area contributed by atoms with Crippen LogP contribution in [0.5, 0.6) is 0 Å². The van der Waals surface area contributed by atoms with E-state index in [1.54, 1.807) is 24.3 Å². The van der Waals surface area contributed by atoms with Gasteiger partial charge >= 0.3 is 0 Å². The Balaban J connectivity index is 2.04. The lowest BCUT2D eigenvalue weighted by molar-refractivity contribution is 0.600. The van der Waals surface area contributed by atoms with Crippen LogP contribution in [0.1, 0.15) is 12.5 Å². The van der Waals surface area contributed by atoms with Crippen molar-refractivity contribution in [2.24, 2.45) is 0 Å². The third-order valence-corrected chi connectivity index (χ3v) is 5.64. The van der Waals surface area contributed by atoms with E-state index in [0.717, 1.165) is 10.1 Å². The monoisotopic (exact) mass is 349 g/mol. The number of anilines is 1. The van der Waals surface area contributed by atoms with Crippen LogP contribution in [0.25, 0.3) is 0 Å². The largest absolute Gasteiger partial charge is 0.257 e. The zero-order valence-electron chi connectivity index (χ0n) is 10.5. The lowest BCUT2D eigenvalue weighted by Gasteiger charge is -2.04. The van der Waals surface area contributed by atoms with Crippen LogP contribution in [0.3, 0.4) is 0 Å². The van der Waals surface area contributed by atoms with Crippen molar-refractivity contribution < 1.29 is 8.42 Å². The first-order valence-corrected chi connectivity index (χ1v) is 9.53. The molecule has 1 aromatic carbocycles. The molecule has 2 rings (SSSR count). The minimum Gasteiger partial charge on any atom is -0.257 e. The van der Waals surface area contributed by atoms with Gasteiger partial charge in [0.2, 0.25) is 15.2 Å². The molecule has 0 aliphatic heterocycles. The number of rotatable bonds is 6. The maximum Gasteiger partial charge on any atom is 0.238 e. The van der Waals surface area contributed by atoms with E-state index in [0.29, 0.717) is 10.6 Å². The second kappa shape index (κ2) is 6.75. The molecule has 0 aliphatic rings. The van der Waals surface area contributed by atoms with Crippen LogP contribution >= 0.6 is 34.7 Å². The predicted molar refractivity (Wildman–Crippen MR) is 84.0 cm³/mol. The second-order valence-corrected chi connectivity index (χ2v) is 8.44. The lowest BCUT2D eigenvalue weighted by atomic mass is 10.2. The molecule has 108 valence electrons. The Labute approximate surface area is 130 Å². The average Bonchev–Trinajstić information content (AvgIpc) is 2.79. The Kier molecular flexibility index (Phi) is 5.25. The SMILES string of the molecule is CCSc1nnc(NS(=O)(=O)Cc2ccc(Cl)cc2)s1. The van der Waals surface area contributed by atoms with Crippen molar-refractivity contribution in [2.75, 3.05) is 10.5 Å². The molecule has 0 bridgehead atoms. The van der Waals surface area contributed by atoms with Gasteiger partial charge in [0.15, 0.2) is 4.34 Å². The molecule has 0 fully saturated rings. The van der Waals surface area contributed by atoms with E-state index in [1.165, 1.54) is 23.1 Å². The minimum atomic E-state index is -3.50. The molecule has 5 nitrogen and oxygen atoms in total. The molecule has 1 aromatic heterocycles. The van der Waals surface area contributed by atoms with Gasteiger partial charge in [0, 0.05) is 5.02 Å². The van der Waals surface area contributed by atoms with Crippen LogP contribution in [0.2, 0.25) is 5.02 Å². The van der Waals surface area contributed by atoms with Crippen LogP contribution in [-0.4, -0.2) is 24.4 Å². The molecule has 0 radical (unpaired) electrons. The predicted octanol–water partition coefficient (Wildman–Crippen LogP) is 3.25. The molecule has 1 N–H and O–H groups in total. The van der Waals surface area contributed by atoms with Gasteiger partial charge in [-0.25, -0.2) is 8.42 Å². The number of hydrogen-bond donors (Lipinski definition) is 1. The zero-order chi connectivity index (χ0) is 14.6. The van der Waals surface area contributed by atoms with Crippen molar-refractivity contribution in [1.82, 2.24) is 10.2 Å². The van der Waals surface area contributed by atoms with Crippen molar-refractivity contribution in [3.63, 3.8) is 0 Å². The third kappa shape index (κ3) is 4.62. The van der Waals surface area contributed by atoms with Crippen molar-refractivity contribution >= 4 is 49.9 Å². The van der Waals surface area contributed by atoms with E-state index >= 15 is 0 Å². The topological polar surface area (TPSA) is 72.0 Å². The van der Waals surface area contributed by atoms with Gasteiger partial charge in [-0.15, -0.1) is 10.2 Å². The number of halogens is 1. The number of hydrogen-bond acceptors (Lipinski definition) is 6. The smallest absolute Gasteiger partial charge is 0.238 e. The summed E-state index contributed by atoms with van der Waals surface area (Å²) in [4.78, 5) is 0. The van der Waals surface area contributed by atoms with Crippen molar-refractivity contribution in [3.8, 4) is 0 Å². The fourth-order valence-electron chi connectivity index (χ4n) is 1.40. The molecule has 0 saturated heterocycles. The van der Waals surface area contributed by atoms with Crippen LogP contribution in [0.15, 0.2) is 28.6 Å². The van der Waals surface area contributed by atoms with E-state index < -0.39 is 10.0 Å². The van der Waals surface area contributed by atoms with Gasteiger partial charge in [-0.3, -0.25) is 4.72 Å². The highest BCUT2D eigenvalue weighted by Crippen LogP contribution is 2.26. The van der Waals surface area contributed by atoms with Crippen LogP contribution < -0.4 is 4.72 Å². The van der Waals surface area contributed by atoms with Crippen LogP contribution in [0.4, 0.5) is 5.13 Å². The van der Waals surface area contributed by atoms with Crippen molar-refractivity contribution in [2.45, 2.75) is 17.0 Å². The standard InChI is InChI=1S/C11H12ClN3O2S3/c1-2-18-11-14-13-10(19-11)15-20(16,17)7-8-3-5-9(12)6-4-8/h3-6H,2,7H2,1H3,(H,13,15). The van der Waals surface area contributed by atoms with E-state index in [2.05, 4.69) is 14.9 Å². The fourth-order valence-corrected chi connectivity index (χ4v) is 4.59. The minimum absolute atomic E-state index is 0.125. The average molecular weight is 350 g/mol. The van der Waals surface area contributed by atoms with Crippen LogP contribution in [0, 0.1) is 0 Å². The Hall–Kier alpha value is -0.830. The summed E-state index contributed by atoms with van der Waals surface area (Å²) in [6.07, 6.45) is 0. The molecule has 0 amide bonds. The number of nitrogens with zero attached hydrogens (tertiary/aromatic N) is 2. The number of benzene rings is 1. The highest BCUT2D eigenvalue weighted by Gasteiger charge is 2.15. The summed E-state index contributed by atoms with van der Waals surface area (Å²) >= 11 is 8.51. The van der Waals surface area contributed by atoms with Gasteiger partial charge in [-0.2, -0.15) is 0 Å². The molecule has 9 heteroatoms. The summed E-state index contributed by atoms with van der Waals surface area (Å²) in [5.41, 5.74) is 0.662. The van der Waals surface area contributed by atoms with Gasteiger partial charge in [0.25, 0.3) is 0 Å². The number of sulfonamides is 1. The zero-order valence-corrected chi connectivity index (χ0v) is 13.7. The van der Waals surface area contributed by atoms with Crippen molar-refractivity contribution in [3.05, 3.63) is 34.9 Å². The Morgan fingerprint density at radius 3 is 2.65 bits per heavy atom. The summed E-state index contributed by atoms with van der Waals surface area (Å²) in [5.74, 6) is 0.742. The summed E-state index contributed by atoms with van der Waals surface area (Å²) in [7, 11) is -3.50. The Bertz CT molecular complexity index is 670. The highest BCUT2D eigenvalue weighted by atomic mass is 35.5.